The number of benzene rings is 1. The molecule has 2 rings (SSSR count). The molecule has 1 aromatic heterocycles. The predicted octanol–water partition coefficient (Wildman–Crippen LogP) is 1.36. The molecule has 0 aliphatic heterocycles. The van der Waals surface area contributed by atoms with Crippen molar-refractivity contribution in [2.45, 2.75) is 24.3 Å². The number of sulfone groups is 1. The summed E-state index contributed by atoms with van der Waals surface area (Å²) in [7, 11) is -0.243. The Hall–Kier alpha value is -2.76. The van der Waals surface area contributed by atoms with Crippen LogP contribution in [0.1, 0.15) is 23.1 Å². The molecule has 0 radical (unpaired) electrons. The number of hydrogen-bond donors (Lipinski definition) is 3. The van der Waals surface area contributed by atoms with Crippen LogP contribution in [-0.4, -0.2) is 64.0 Å². The molecule has 10 nitrogen and oxygen atoms in total. The third kappa shape index (κ3) is 6.12. The number of anilines is 3. The van der Waals surface area contributed by atoms with Gasteiger partial charge in [-0.25, -0.2) is 18.4 Å². The van der Waals surface area contributed by atoms with Gasteiger partial charge in [-0.05, 0) is 24.6 Å². The molecule has 164 valence electrons. The number of primary amides is 1. The van der Waals surface area contributed by atoms with Crippen LogP contribution in [0.5, 0.6) is 0 Å². The van der Waals surface area contributed by atoms with Crippen molar-refractivity contribution in [1.82, 2.24) is 9.97 Å². The van der Waals surface area contributed by atoms with E-state index in [4.69, 9.17) is 15.2 Å². The lowest BCUT2D eigenvalue weighted by molar-refractivity contribution is 0.0996. The number of aryl methyl sites for hydroxylation is 1. The zero-order valence-electron chi connectivity index (χ0n) is 17.4. The fourth-order valence-electron chi connectivity index (χ4n) is 2.76. The van der Waals surface area contributed by atoms with Crippen molar-refractivity contribution >= 4 is 33.1 Å². The molecule has 2 aromatic rings. The van der Waals surface area contributed by atoms with Gasteiger partial charge in [-0.1, -0.05) is 13.0 Å². The van der Waals surface area contributed by atoms with Crippen LogP contribution in [0.4, 0.5) is 17.3 Å². The van der Waals surface area contributed by atoms with Crippen molar-refractivity contribution in [2.24, 2.45) is 5.73 Å². The topological polar surface area (TPSA) is 146 Å². The van der Waals surface area contributed by atoms with Crippen LogP contribution in [0.15, 0.2) is 29.2 Å². The van der Waals surface area contributed by atoms with Crippen molar-refractivity contribution < 1.29 is 22.7 Å². The molecule has 0 atom stereocenters. The van der Waals surface area contributed by atoms with Gasteiger partial charge in [0.2, 0.25) is 0 Å². The normalized spacial score (nSPS) is 11.5. The van der Waals surface area contributed by atoms with E-state index in [0.29, 0.717) is 36.8 Å². The summed E-state index contributed by atoms with van der Waals surface area (Å²) in [6, 6.07) is 5.97. The zero-order chi connectivity index (χ0) is 22.3. The molecule has 0 aliphatic carbocycles. The van der Waals surface area contributed by atoms with Gasteiger partial charge in [-0.3, -0.25) is 4.79 Å². The van der Waals surface area contributed by atoms with Gasteiger partial charge in [0.15, 0.2) is 27.2 Å². The van der Waals surface area contributed by atoms with E-state index in [-0.39, 0.29) is 22.4 Å². The van der Waals surface area contributed by atoms with Crippen LogP contribution in [0, 0.1) is 0 Å². The van der Waals surface area contributed by atoms with E-state index in [1.807, 2.05) is 6.92 Å². The quantitative estimate of drug-likeness (QED) is 0.474. The Labute approximate surface area is 176 Å². The molecule has 0 saturated heterocycles. The molecule has 0 spiro atoms. The lowest BCUT2D eigenvalue weighted by Gasteiger charge is -2.20. The second kappa shape index (κ2) is 10.3. The average Bonchev–Trinajstić information content (AvgIpc) is 2.68. The third-order valence-electron chi connectivity index (χ3n) is 4.14. The molecule has 1 heterocycles. The molecule has 0 saturated carbocycles. The monoisotopic (exact) mass is 437 g/mol. The minimum Gasteiger partial charge on any atom is -0.382 e. The number of nitrogens with two attached hydrogens (primary N) is 1. The lowest BCUT2D eigenvalue weighted by Crippen LogP contribution is -2.31. The number of rotatable bonds is 11. The van der Waals surface area contributed by atoms with E-state index in [1.165, 1.54) is 12.1 Å². The maximum Gasteiger partial charge on any atom is 0.271 e. The van der Waals surface area contributed by atoms with E-state index in [2.05, 4.69) is 20.6 Å². The van der Waals surface area contributed by atoms with Gasteiger partial charge < -0.3 is 25.8 Å². The summed E-state index contributed by atoms with van der Waals surface area (Å²) in [4.78, 5) is 21.0. The molecule has 0 fully saturated rings. The fraction of sp³-hybridized carbons (Fsp3) is 0.421. The van der Waals surface area contributed by atoms with E-state index >= 15 is 0 Å². The van der Waals surface area contributed by atoms with Crippen LogP contribution in [0.2, 0.25) is 0 Å². The molecule has 30 heavy (non-hydrogen) atoms. The number of aromatic nitrogens is 2. The van der Waals surface area contributed by atoms with Crippen molar-refractivity contribution in [3.8, 4) is 0 Å². The highest BCUT2D eigenvalue weighted by Crippen LogP contribution is 2.24. The molecule has 1 aromatic carbocycles. The van der Waals surface area contributed by atoms with Crippen LogP contribution < -0.4 is 16.4 Å². The fourth-order valence-corrected chi connectivity index (χ4v) is 3.43. The van der Waals surface area contributed by atoms with Crippen molar-refractivity contribution in [2.75, 3.05) is 44.3 Å². The molecule has 4 N–H and O–H groups in total. The first-order valence-electron chi connectivity index (χ1n) is 9.21. The smallest absolute Gasteiger partial charge is 0.271 e. The van der Waals surface area contributed by atoms with Crippen molar-refractivity contribution in [1.29, 1.82) is 0 Å². The van der Waals surface area contributed by atoms with Gasteiger partial charge in [0.05, 0.1) is 29.8 Å². The second-order valence-corrected chi connectivity index (χ2v) is 8.63. The summed E-state index contributed by atoms with van der Waals surface area (Å²) < 4.78 is 34.1. The predicted molar refractivity (Wildman–Crippen MR) is 114 cm³/mol. The Morgan fingerprint density at radius 3 is 2.37 bits per heavy atom. The molecular formula is C19H27N5O5S. The number of carbonyl (C=O) groups excluding carboxylic acids is 1. The van der Waals surface area contributed by atoms with Crippen LogP contribution >= 0.6 is 0 Å². The third-order valence-corrected chi connectivity index (χ3v) is 5.25. The molecule has 0 unspecified atom stereocenters. The number of methoxy groups -OCH3 is 2. The van der Waals surface area contributed by atoms with E-state index in [0.717, 1.165) is 6.26 Å². The highest BCUT2D eigenvalue weighted by Gasteiger charge is 2.20. The van der Waals surface area contributed by atoms with E-state index in [1.54, 1.807) is 26.4 Å². The zero-order valence-corrected chi connectivity index (χ0v) is 18.2. The number of nitrogens with one attached hydrogen (secondary N) is 2. The first kappa shape index (κ1) is 23.5. The highest BCUT2D eigenvalue weighted by atomic mass is 32.2. The van der Waals surface area contributed by atoms with Crippen molar-refractivity contribution in [3.63, 3.8) is 0 Å². The molecular weight excluding hydrogens is 410 g/mol. The van der Waals surface area contributed by atoms with Crippen LogP contribution in [-0.2, 0) is 25.7 Å². The average molecular weight is 438 g/mol. The van der Waals surface area contributed by atoms with Gasteiger partial charge in [0, 0.05) is 26.2 Å². The summed E-state index contributed by atoms with van der Waals surface area (Å²) in [5.74, 6) is -0.194. The molecule has 0 aliphatic rings. The summed E-state index contributed by atoms with van der Waals surface area (Å²) in [5.41, 5.74) is 6.43. The number of amides is 1. The first-order valence-corrected chi connectivity index (χ1v) is 11.1. The van der Waals surface area contributed by atoms with Gasteiger partial charge in [-0.15, -0.1) is 0 Å². The second-order valence-electron chi connectivity index (χ2n) is 6.61. The minimum absolute atomic E-state index is 0.0443. The molecule has 1 amide bonds. The lowest BCUT2D eigenvalue weighted by atomic mass is 10.2. The Bertz CT molecular complexity index is 991. The van der Waals surface area contributed by atoms with Gasteiger partial charge in [0.25, 0.3) is 5.91 Å². The van der Waals surface area contributed by atoms with Gasteiger partial charge in [-0.2, -0.15) is 0 Å². The summed E-state index contributed by atoms with van der Waals surface area (Å²) in [5, 5.41) is 6.17. The molecule has 11 heteroatoms. The Kier molecular flexibility index (Phi) is 8.09. The van der Waals surface area contributed by atoms with Crippen LogP contribution in [0.3, 0.4) is 0 Å². The van der Waals surface area contributed by atoms with Crippen LogP contribution in [0.25, 0.3) is 0 Å². The Morgan fingerprint density at radius 2 is 1.83 bits per heavy atom. The standard InChI is InChI=1S/C19H27N5O5S/c1-5-15-18(22-13(10-28-2)11-29-3)24-19(16(23-15)17(20)25)21-12-7-6-8-14(9-12)30(4,26)27/h6-9,13H,5,10-11H2,1-4H3,(H2,20,25)(H2,21,22,24). The number of ether oxygens (including phenoxy) is 2. The first-order chi connectivity index (χ1) is 14.2. The number of carbonyl (C=O) groups is 1. The minimum atomic E-state index is -3.40. The largest absolute Gasteiger partial charge is 0.382 e. The van der Waals surface area contributed by atoms with Crippen molar-refractivity contribution in [3.05, 3.63) is 35.7 Å². The SMILES string of the molecule is CCc1nc(C(N)=O)c(Nc2cccc(S(C)(=O)=O)c2)nc1NC(COC)COC. The van der Waals surface area contributed by atoms with E-state index in [9.17, 15) is 13.2 Å². The number of nitrogens with zero attached hydrogens (tertiary/aromatic N) is 2. The van der Waals surface area contributed by atoms with Gasteiger partial charge >= 0.3 is 0 Å². The summed E-state index contributed by atoms with van der Waals surface area (Å²) in [6.45, 7) is 2.62. The number of hydrogen-bond acceptors (Lipinski definition) is 9. The Morgan fingerprint density at radius 1 is 1.17 bits per heavy atom. The van der Waals surface area contributed by atoms with Gasteiger partial charge in [0.1, 0.15) is 0 Å². The summed E-state index contributed by atoms with van der Waals surface area (Å²) in [6.07, 6.45) is 1.62. The Balaban J connectivity index is 2.48. The molecule has 0 bridgehead atoms. The maximum atomic E-state index is 12.0. The summed E-state index contributed by atoms with van der Waals surface area (Å²) >= 11 is 0. The highest BCUT2D eigenvalue weighted by molar-refractivity contribution is 7.90. The maximum absolute atomic E-state index is 12.0. The van der Waals surface area contributed by atoms with E-state index < -0.39 is 15.7 Å².